The first kappa shape index (κ1) is 16.7. The molecule has 0 radical (unpaired) electrons. The molecule has 0 spiro atoms. The van der Waals surface area contributed by atoms with Crippen molar-refractivity contribution in [3.8, 4) is 5.75 Å². The first-order chi connectivity index (χ1) is 8.91. The lowest BCUT2D eigenvalue weighted by Gasteiger charge is -2.23. The predicted molar refractivity (Wildman–Crippen MR) is 75.9 cm³/mol. The maximum atomic E-state index is 12.6. The zero-order valence-corrected chi connectivity index (χ0v) is 13.1. The van der Waals surface area contributed by atoms with Gasteiger partial charge in [-0.3, -0.25) is 4.55 Å². The van der Waals surface area contributed by atoms with E-state index in [1.165, 1.54) is 12.1 Å². The summed E-state index contributed by atoms with van der Waals surface area (Å²) in [4.78, 5) is 0. The van der Waals surface area contributed by atoms with Crippen LogP contribution in [-0.2, 0) is 19.9 Å². The standard InChI is InChI=1S/C11H16ClO5PS/c1-3-11(4-2)18(13,17-19(14)15)16-10-7-5-9(12)6-8-10/h5-8,11H,3-4H2,1-2H3,(H,14,15). The van der Waals surface area contributed by atoms with Crippen LogP contribution in [0.25, 0.3) is 0 Å². The number of hydrogen-bond donors (Lipinski definition) is 1. The summed E-state index contributed by atoms with van der Waals surface area (Å²) >= 11 is 3.09. The average Bonchev–Trinajstić information content (AvgIpc) is 2.32. The van der Waals surface area contributed by atoms with Crippen molar-refractivity contribution >= 4 is 30.6 Å². The molecule has 0 bridgehead atoms. The second kappa shape index (κ2) is 7.41. The number of benzene rings is 1. The zero-order chi connectivity index (χ0) is 14.5. The van der Waals surface area contributed by atoms with Crippen LogP contribution in [0.5, 0.6) is 5.75 Å². The summed E-state index contributed by atoms with van der Waals surface area (Å²) in [6, 6.07) is 6.20. The van der Waals surface area contributed by atoms with Gasteiger partial charge in [-0.2, -0.15) is 8.18 Å². The molecule has 0 saturated carbocycles. The molecular formula is C11H16ClO5PS. The van der Waals surface area contributed by atoms with Crippen LogP contribution < -0.4 is 4.52 Å². The van der Waals surface area contributed by atoms with Crippen molar-refractivity contribution in [2.24, 2.45) is 0 Å². The molecule has 19 heavy (non-hydrogen) atoms. The molecule has 1 N–H and O–H groups in total. The molecule has 2 unspecified atom stereocenters. The van der Waals surface area contributed by atoms with Gasteiger partial charge in [-0.05, 0) is 37.1 Å². The van der Waals surface area contributed by atoms with Gasteiger partial charge in [0.1, 0.15) is 5.75 Å². The minimum atomic E-state index is -3.72. The van der Waals surface area contributed by atoms with Gasteiger partial charge in [0.25, 0.3) is 0 Å². The van der Waals surface area contributed by atoms with Gasteiger partial charge in [-0.15, -0.1) is 0 Å². The quantitative estimate of drug-likeness (QED) is 0.599. The summed E-state index contributed by atoms with van der Waals surface area (Å²) in [6.07, 6.45) is 1.02. The van der Waals surface area contributed by atoms with E-state index in [1.54, 1.807) is 12.1 Å². The van der Waals surface area contributed by atoms with Crippen LogP contribution in [0.2, 0.25) is 5.02 Å². The average molecular weight is 327 g/mol. The molecule has 0 saturated heterocycles. The van der Waals surface area contributed by atoms with Crippen LogP contribution in [0.1, 0.15) is 26.7 Å². The van der Waals surface area contributed by atoms with Gasteiger partial charge >= 0.3 is 19.0 Å². The monoisotopic (exact) mass is 326 g/mol. The first-order valence-corrected chi connectivity index (χ1v) is 8.79. The summed E-state index contributed by atoms with van der Waals surface area (Å²) in [5.41, 5.74) is -0.445. The Hall–Kier alpha value is -0.390. The van der Waals surface area contributed by atoms with Crippen molar-refractivity contribution in [3.63, 3.8) is 0 Å². The normalized spacial score (nSPS) is 16.1. The molecule has 0 aliphatic heterocycles. The van der Waals surface area contributed by atoms with Gasteiger partial charge < -0.3 is 4.52 Å². The Morgan fingerprint density at radius 1 is 1.32 bits per heavy atom. The third-order valence-electron chi connectivity index (χ3n) is 2.60. The molecule has 0 amide bonds. The molecule has 0 fully saturated rings. The molecule has 0 aliphatic carbocycles. The Bertz CT molecular complexity index is 474. The van der Waals surface area contributed by atoms with E-state index in [9.17, 15) is 8.77 Å². The fraction of sp³-hybridized carbons (Fsp3) is 0.455. The van der Waals surface area contributed by atoms with Crippen molar-refractivity contribution < 1.29 is 21.8 Å². The van der Waals surface area contributed by atoms with E-state index in [4.69, 9.17) is 20.7 Å². The minimum Gasteiger partial charge on any atom is -0.424 e. The lowest BCUT2D eigenvalue weighted by Crippen LogP contribution is -2.14. The molecule has 1 aromatic rings. The molecule has 0 aromatic heterocycles. The Morgan fingerprint density at radius 3 is 2.26 bits per heavy atom. The Labute approximate surface area is 120 Å². The van der Waals surface area contributed by atoms with Crippen molar-refractivity contribution in [1.82, 2.24) is 0 Å². The van der Waals surface area contributed by atoms with Crippen molar-refractivity contribution in [2.75, 3.05) is 0 Å². The van der Waals surface area contributed by atoms with Gasteiger partial charge in [0.05, 0.1) is 5.66 Å². The van der Waals surface area contributed by atoms with E-state index in [1.807, 2.05) is 13.8 Å². The lowest BCUT2D eigenvalue weighted by atomic mass is 10.3. The minimum absolute atomic E-state index is 0.282. The van der Waals surface area contributed by atoms with Crippen molar-refractivity contribution in [2.45, 2.75) is 32.3 Å². The second-order valence-electron chi connectivity index (χ2n) is 3.85. The highest BCUT2D eigenvalue weighted by Gasteiger charge is 2.37. The highest BCUT2D eigenvalue weighted by molar-refractivity contribution is 7.81. The zero-order valence-electron chi connectivity index (χ0n) is 10.6. The highest BCUT2D eigenvalue weighted by atomic mass is 35.5. The van der Waals surface area contributed by atoms with Gasteiger partial charge in [-0.25, -0.2) is 4.57 Å². The fourth-order valence-corrected chi connectivity index (χ4v) is 4.52. The van der Waals surface area contributed by atoms with Gasteiger partial charge in [0.2, 0.25) is 0 Å². The van der Waals surface area contributed by atoms with Crippen LogP contribution in [0.4, 0.5) is 0 Å². The molecule has 8 heteroatoms. The third-order valence-corrected chi connectivity index (χ3v) is 6.29. The number of hydrogen-bond acceptors (Lipinski definition) is 4. The van der Waals surface area contributed by atoms with E-state index >= 15 is 0 Å². The van der Waals surface area contributed by atoms with Crippen LogP contribution in [0, 0.1) is 0 Å². The Balaban J connectivity index is 3.00. The molecule has 1 aromatic carbocycles. The summed E-state index contributed by atoms with van der Waals surface area (Å²) in [6.45, 7) is 3.63. The van der Waals surface area contributed by atoms with Crippen molar-refractivity contribution in [3.05, 3.63) is 29.3 Å². The van der Waals surface area contributed by atoms with Gasteiger partial charge in [-0.1, -0.05) is 25.4 Å². The fourth-order valence-electron chi connectivity index (χ4n) is 1.62. The summed E-state index contributed by atoms with van der Waals surface area (Å²) in [7, 11) is -3.72. The third kappa shape index (κ3) is 4.89. The topological polar surface area (TPSA) is 72.8 Å². The molecule has 0 aliphatic rings. The predicted octanol–water partition coefficient (Wildman–Crippen LogP) is 4.25. The summed E-state index contributed by atoms with van der Waals surface area (Å²) in [5.74, 6) is 0.282. The SMILES string of the molecule is CCC(CC)P(=O)(Oc1ccc(Cl)cc1)OS(=O)O. The number of halogens is 1. The second-order valence-corrected chi connectivity index (χ2v) is 7.31. The highest BCUT2D eigenvalue weighted by Crippen LogP contribution is 2.55. The molecule has 5 nitrogen and oxygen atoms in total. The van der Waals surface area contributed by atoms with E-state index in [2.05, 4.69) is 3.97 Å². The Morgan fingerprint density at radius 2 is 1.84 bits per heavy atom. The van der Waals surface area contributed by atoms with Gasteiger partial charge in [0, 0.05) is 5.02 Å². The maximum absolute atomic E-state index is 12.6. The van der Waals surface area contributed by atoms with E-state index < -0.39 is 24.6 Å². The first-order valence-electron chi connectivity index (χ1n) is 5.77. The van der Waals surface area contributed by atoms with Gasteiger partial charge in [0.15, 0.2) is 0 Å². The van der Waals surface area contributed by atoms with Crippen LogP contribution in [0.3, 0.4) is 0 Å². The van der Waals surface area contributed by atoms with Crippen molar-refractivity contribution in [1.29, 1.82) is 0 Å². The molecule has 1 rings (SSSR count). The molecular weight excluding hydrogens is 311 g/mol. The Kier molecular flexibility index (Phi) is 6.50. The van der Waals surface area contributed by atoms with E-state index in [0.29, 0.717) is 17.9 Å². The smallest absolute Gasteiger partial charge is 0.396 e. The summed E-state index contributed by atoms with van der Waals surface area (Å²) in [5, 5.41) is 0.511. The van der Waals surface area contributed by atoms with Crippen LogP contribution >= 0.6 is 19.2 Å². The molecule has 2 atom stereocenters. The molecule has 0 heterocycles. The van der Waals surface area contributed by atoms with E-state index in [0.717, 1.165) is 0 Å². The van der Waals surface area contributed by atoms with Crippen LogP contribution in [-0.4, -0.2) is 14.4 Å². The largest absolute Gasteiger partial charge is 0.424 e. The maximum Gasteiger partial charge on any atom is 0.396 e. The summed E-state index contributed by atoms with van der Waals surface area (Å²) < 4.78 is 42.2. The van der Waals surface area contributed by atoms with Crippen LogP contribution in [0.15, 0.2) is 24.3 Å². The van der Waals surface area contributed by atoms with E-state index in [-0.39, 0.29) is 5.75 Å². The lowest BCUT2D eigenvalue weighted by molar-refractivity contribution is 0.359. The molecule has 108 valence electrons. The number of rotatable bonds is 7.